The van der Waals surface area contributed by atoms with E-state index in [1.54, 1.807) is 0 Å². The molecule has 0 saturated heterocycles. The number of nitrogens with zero attached hydrogens (tertiary/aromatic N) is 4. The summed E-state index contributed by atoms with van der Waals surface area (Å²) in [6.45, 7) is 2.78. The van der Waals surface area contributed by atoms with Crippen LogP contribution in [0.15, 0.2) is 0 Å². The number of hydrogen-bond acceptors (Lipinski definition) is 3. The van der Waals surface area contributed by atoms with Gasteiger partial charge in [-0.05, 0) is 6.42 Å². The van der Waals surface area contributed by atoms with E-state index in [0.717, 1.165) is 12.8 Å². The third kappa shape index (κ3) is 1.74. The molecule has 0 atom stereocenters. The highest BCUT2D eigenvalue weighted by Crippen LogP contribution is 2.10. The second kappa shape index (κ2) is 4.07. The lowest BCUT2D eigenvalue weighted by Crippen LogP contribution is -2.02. The van der Waals surface area contributed by atoms with Gasteiger partial charge < -0.3 is 0 Å². The van der Waals surface area contributed by atoms with E-state index in [1.165, 1.54) is 4.68 Å². The van der Waals surface area contributed by atoms with Crippen molar-refractivity contribution in [3.63, 3.8) is 0 Å². The molecule has 0 fully saturated rings. The van der Waals surface area contributed by atoms with Crippen molar-refractivity contribution in [3.05, 3.63) is 10.8 Å². The lowest BCUT2D eigenvalue weighted by Gasteiger charge is -1.97. The zero-order valence-corrected chi connectivity index (χ0v) is 7.54. The Morgan fingerprint density at radius 3 is 3.00 bits per heavy atom. The van der Waals surface area contributed by atoms with E-state index in [-0.39, 0.29) is 5.15 Å². The van der Waals surface area contributed by atoms with Gasteiger partial charge in [0.15, 0.2) is 10.8 Å². The van der Waals surface area contributed by atoms with Crippen molar-refractivity contribution in [1.29, 1.82) is 5.26 Å². The summed E-state index contributed by atoms with van der Waals surface area (Å²) < 4.78 is 1.53. The molecule has 0 spiro atoms. The van der Waals surface area contributed by atoms with Gasteiger partial charge in [-0.2, -0.15) is 5.26 Å². The molecule has 1 aromatic heterocycles. The van der Waals surface area contributed by atoms with Crippen molar-refractivity contribution < 1.29 is 0 Å². The lowest BCUT2D eigenvalue weighted by molar-refractivity contribution is 0.548. The van der Waals surface area contributed by atoms with Crippen molar-refractivity contribution in [3.8, 4) is 6.07 Å². The molecular formula is C7H9ClN4. The molecule has 0 aliphatic heterocycles. The molecule has 1 aromatic rings. The molecule has 5 heteroatoms. The predicted molar refractivity (Wildman–Crippen MR) is 44.7 cm³/mol. The van der Waals surface area contributed by atoms with Crippen LogP contribution in [0.2, 0.25) is 5.15 Å². The maximum atomic E-state index is 8.65. The summed E-state index contributed by atoms with van der Waals surface area (Å²) in [5.41, 5.74) is 0.352. The quantitative estimate of drug-likeness (QED) is 0.717. The second-order valence-corrected chi connectivity index (χ2v) is 2.78. The first-order chi connectivity index (χ1) is 5.79. The van der Waals surface area contributed by atoms with Crippen LogP contribution in [0.25, 0.3) is 0 Å². The first-order valence-electron chi connectivity index (χ1n) is 3.78. The van der Waals surface area contributed by atoms with Crippen molar-refractivity contribution in [2.24, 2.45) is 0 Å². The van der Waals surface area contributed by atoms with Gasteiger partial charge in [-0.15, -0.1) is 5.10 Å². The van der Waals surface area contributed by atoms with Crippen LogP contribution in [-0.4, -0.2) is 15.0 Å². The predicted octanol–water partition coefficient (Wildman–Crippen LogP) is 1.60. The largest absolute Gasteiger partial charge is 0.233 e. The lowest BCUT2D eigenvalue weighted by atomic mass is 10.3. The third-order valence-electron chi connectivity index (χ3n) is 1.52. The molecule has 0 radical (unpaired) electrons. The fourth-order valence-electron chi connectivity index (χ4n) is 0.860. The Bertz CT molecular complexity index is 299. The minimum atomic E-state index is 0.189. The molecule has 0 aromatic carbocycles. The summed E-state index contributed by atoms with van der Waals surface area (Å²) in [5.74, 6) is 0. The van der Waals surface area contributed by atoms with E-state index < -0.39 is 0 Å². The van der Waals surface area contributed by atoms with Crippen LogP contribution < -0.4 is 0 Å². The molecule has 0 N–H and O–H groups in total. The van der Waals surface area contributed by atoms with Crippen molar-refractivity contribution in [2.45, 2.75) is 26.3 Å². The van der Waals surface area contributed by atoms with E-state index in [4.69, 9.17) is 16.9 Å². The molecule has 1 rings (SSSR count). The number of hydrogen-bond donors (Lipinski definition) is 0. The highest BCUT2D eigenvalue weighted by Gasteiger charge is 2.08. The number of rotatable bonds is 3. The Labute approximate surface area is 75.7 Å². The van der Waals surface area contributed by atoms with Gasteiger partial charge in [-0.3, -0.25) is 0 Å². The van der Waals surface area contributed by atoms with E-state index in [1.807, 2.05) is 6.07 Å². The summed E-state index contributed by atoms with van der Waals surface area (Å²) in [6.07, 6.45) is 2.04. The fraction of sp³-hybridized carbons (Fsp3) is 0.571. The van der Waals surface area contributed by atoms with Crippen LogP contribution in [0.4, 0.5) is 0 Å². The number of nitriles is 1. The Morgan fingerprint density at radius 2 is 2.42 bits per heavy atom. The minimum Gasteiger partial charge on any atom is -0.233 e. The highest BCUT2D eigenvalue weighted by atomic mass is 35.5. The van der Waals surface area contributed by atoms with Crippen LogP contribution in [-0.2, 0) is 6.54 Å². The first kappa shape index (κ1) is 9.01. The molecule has 0 aliphatic rings. The van der Waals surface area contributed by atoms with Crippen molar-refractivity contribution in [2.75, 3.05) is 0 Å². The average Bonchev–Trinajstić information content (AvgIpc) is 2.43. The first-order valence-corrected chi connectivity index (χ1v) is 4.16. The zero-order chi connectivity index (χ0) is 8.97. The normalized spacial score (nSPS) is 9.75. The van der Waals surface area contributed by atoms with Gasteiger partial charge in [0, 0.05) is 6.54 Å². The van der Waals surface area contributed by atoms with Crippen LogP contribution in [0.5, 0.6) is 0 Å². The van der Waals surface area contributed by atoms with Crippen molar-refractivity contribution >= 4 is 11.6 Å². The van der Waals surface area contributed by atoms with Gasteiger partial charge in [0.2, 0.25) is 0 Å². The van der Waals surface area contributed by atoms with Crippen LogP contribution in [0.1, 0.15) is 25.5 Å². The average molecular weight is 185 g/mol. The third-order valence-corrected chi connectivity index (χ3v) is 1.78. The SMILES string of the molecule is CCCCn1nnc(Cl)c1C#N. The number of aromatic nitrogens is 3. The van der Waals surface area contributed by atoms with Gasteiger partial charge >= 0.3 is 0 Å². The number of unbranched alkanes of at least 4 members (excludes halogenated alkanes) is 1. The maximum absolute atomic E-state index is 8.65. The van der Waals surface area contributed by atoms with E-state index in [9.17, 15) is 0 Å². The molecular weight excluding hydrogens is 176 g/mol. The fourth-order valence-corrected chi connectivity index (χ4v) is 1.03. The summed E-state index contributed by atoms with van der Waals surface area (Å²) in [6, 6.07) is 1.96. The van der Waals surface area contributed by atoms with Crippen molar-refractivity contribution in [1.82, 2.24) is 15.0 Å². The maximum Gasteiger partial charge on any atom is 0.189 e. The monoisotopic (exact) mass is 184 g/mol. The van der Waals surface area contributed by atoms with Gasteiger partial charge in [0.05, 0.1) is 0 Å². The molecule has 12 heavy (non-hydrogen) atoms. The molecule has 1 heterocycles. The zero-order valence-electron chi connectivity index (χ0n) is 6.79. The Kier molecular flexibility index (Phi) is 3.06. The minimum absolute atomic E-state index is 0.189. The Hall–Kier alpha value is -1.08. The van der Waals surface area contributed by atoms with Crippen LogP contribution >= 0.6 is 11.6 Å². The summed E-state index contributed by atoms with van der Waals surface area (Å²) in [5, 5.41) is 16.2. The number of halogens is 1. The standard InChI is InChI=1S/C7H9ClN4/c1-2-3-4-12-6(5-9)7(8)10-11-12/h2-4H2,1H3. The molecule has 0 unspecified atom stereocenters. The Balaban J connectivity index is 2.79. The smallest absolute Gasteiger partial charge is 0.189 e. The summed E-state index contributed by atoms with van der Waals surface area (Å²) >= 11 is 5.61. The van der Waals surface area contributed by atoms with E-state index >= 15 is 0 Å². The molecule has 64 valence electrons. The van der Waals surface area contributed by atoms with Gasteiger partial charge in [0.1, 0.15) is 6.07 Å². The van der Waals surface area contributed by atoms with E-state index in [2.05, 4.69) is 17.2 Å². The molecule has 0 aliphatic carbocycles. The van der Waals surface area contributed by atoms with Gasteiger partial charge in [-0.1, -0.05) is 30.2 Å². The topological polar surface area (TPSA) is 54.5 Å². The summed E-state index contributed by atoms with van der Waals surface area (Å²) in [4.78, 5) is 0. The van der Waals surface area contributed by atoms with Crippen LogP contribution in [0.3, 0.4) is 0 Å². The molecule has 0 saturated carbocycles. The Morgan fingerprint density at radius 1 is 1.67 bits per heavy atom. The van der Waals surface area contributed by atoms with Crippen LogP contribution in [0, 0.1) is 11.3 Å². The highest BCUT2D eigenvalue weighted by molar-refractivity contribution is 6.30. The summed E-state index contributed by atoms with van der Waals surface area (Å²) in [7, 11) is 0. The van der Waals surface area contributed by atoms with Gasteiger partial charge in [0.25, 0.3) is 0 Å². The molecule has 0 amide bonds. The second-order valence-electron chi connectivity index (χ2n) is 2.42. The van der Waals surface area contributed by atoms with Gasteiger partial charge in [-0.25, -0.2) is 4.68 Å². The number of aryl methyl sites for hydroxylation is 1. The van der Waals surface area contributed by atoms with E-state index in [0.29, 0.717) is 12.2 Å². The molecule has 4 nitrogen and oxygen atoms in total. The molecule has 0 bridgehead atoms.